The second kappa shape index (κ2) is 14.0. The molecule has 8 heteroatoms. The average Bonchev–Trinajstić information content (AvgIpc) is 3.33. The van der Waals surface area contributed by atoms with E-state index in [-0.39, 0.29) is 16.9 Å². The molecule has 8 nitrogen and oxygen atoms in total. The molecule has 0 aromatic heterocycles. The van der Waals surface area contributed by atoms with Crippen LogP contribution >= 0.6 is 0 Å². The summed E-state index contributed by atoms with van der Waals surface area (Å²) in [4.78, 5) is 13.0. The first-order valence-corrected chi connectivity index (χ1v) is 15.9. The van der Waals surface area contributed by atoms with Crippen molar-refractivity contribution in [3.63, 3.8) is 0 Å². The summed E-state index contributed by atoms with van der Waals surface area (Å²) in [6.45, 7) is 16.0. The minimum absolute atomic E-state index is 0.0747. The maximum absolute atomic E-state index is 13.0. The number of carbonyl (C=O) groups excluding carboxylic acids is 1. The van der Waals surface area contributed by atoms with E-state index in [1.807, 2.05) is 0 Å². The normalized spacial score (nSPS) is 30.9. The first-order valence-electron chi connectivity index (χ1n) is 15.9. The van der Waals surface area contributed by atoms with Crippen molar-refractivity contribution in [3.05, 3.63) is 81.8 Å². The van der Waals surface area contributed by atoms with Crippen LogP contribution in [-0.2, 0) is 4.74 Å². The molecule has 4 N–H and O–H groups in total. The predicted octanol–water partition coefficient (Wildman–Crippen LogP) is 6.31. The molecule has 2 unspecified atom stereocenters. The van der Waals surface area contributed by atoms with Gasteiger partial charge < -0.3 is 15.2 Å². The molecule has 0 amide bonds. The zero-order chi connectivity index (χ0) is 31.5. The van der Waals surface area contributed by atoms with Gasteiger partial charge in [-0.15, -0.1) is 0 Å². The highest BCUT2D eigenvalue weighted by molar-refractivity contribution is 5.91. The van der Waals surface area contributed by atoms with Gasteiger partial charge in [-0.1, -0.05) is 76.6 Å². The van der Waals surface area contributed by atoms with Gasteiger partial charge in [-0.25, -0.2) is 15.2 Å². The van der Waals surface area contributed by atoms with Gasteiger partial charge >= 0.3 is 5.97 Å². The monoisotopic (exact) mass is 594 g/mol. The fourth-order valence-corrected chi connectivity index (χ4v) is 7.18. The molecule has 43 heavy (non-hydrogen) atoms. The molecule has 3 fully saturated rings. The van der Waals surface area contributed by atoms with E-state index in [0.29, 0.717) is 54.3 Å². The number of nitrogens with one attached hydrogen (secondary N) is 2. The van der Waals surface area contributed by atoms with Crippen molar-refractivity contribution in [2.75, 3.05) is 0 Å². The molecule has 0 heterocycles. The molecule has 1 aromatic rings. The largest absolute Gasteiger partial charge is 0.595 e. The van der Waals surface area contributed by atoms with Crippen LogP contribution in [-0.4, -0.2) is 22.5 Å². The van der Waals surface area contributed by atoms with Crippen molar-refractivity contribution in [2.45, 2.75) is 92.1 Å². The van der Waals surface area contributed by atoms with Gasteiger partial charge in [0.1, 0.15) is 6.10 Å². The summed E-state index contributed by atoms with van der Waals surface area (Å²) in [5.41, 5.74) is 3.37. The minimum atomic E-state index is -1.30. The molecule has 3 aliphatic rings. The van der Waals surface area contributed by atoms with Crippen molar-refractivity contribution in [3.8, 4) is 0 Å². The lowest BCUT2D eigenvalue weighted by molar-refractivity contribution is -0.996. The van der Waals surface area contributed by atoms with Crippen LogP contribution in [0, 0.1) is 45.4 Å². The van der Waals surface area contributed by atoms with Crippen molar-refractivity contribution >= 4 is 17.3 Å². The highest BCUT2D eigenvalue weighted by Crippen LogP contribution is 2.58. The van der Waals surface area contributed by atoms with Crippen molar-refractivity contribution in [1.82, 2.24) is 0 Å². The number of hydrogen-bond acceptors (Lipinski definition) is 6. The molecule has 1 aromatic carbocycles. The van der Waals surface area contributed by atoms with Gasteiger partial charge in [0.15, 0.2) is 11.4 Å². The highest BCUT2D eigenvalue weighted by Gasteiger charge is 2.47. The Morgan fingerprint density at radius 3 is 2.37 bits per heavy atom. The van der Waals surface area contributed by atoms with Crippen LogP contribution in [0.2, 0.25) is 0 Å². The van der Waals surface area contributed by atoms with Crippen LogP contribution in [0.3, 0.4) is 0 Å². The molecule has 0 aliphatic heterocycles. The van der Waals surface area contributed by atoms with E-state index in [0.717, 1.165) is 35.8 Å². The molecule has 4 rings (SSSR count). The van der Waals surface area contributed by atoms with E-state index in [2.05, 4.69) is 65.5 Å². The zero-order valence-corrected chi connectivity index (χ0v) is 26.4. The maximum atomic E-state index is 13.0. The fourth-order valence-electron chi connectivity index (χ4n) is 7.18. The molecule has 236 valence electrons. The Balaban J connectivity index is 1.46. The summed E-state index contributed by atoms with van der Waals surface area (Å²) >= 11 is 0. The number of hydrogen-bond donors (Lipinski definition) is 4. The van der Waals surface area contributed by atoms with Crippen LogP contribution in [0.15, 0.2) is 65.8 Å². The van der Waals surface area contributed by atoms with E-state index in [1.54, 1.807) is 0 Å². The molecule has 0 radical (unpaired) electrons. The summed E-state index contributed by atoms with van der Waals surface area (Å²) in [6, 6.07) is 3.36. The van der Waals surface area contributed by atoms with Gasteiger partial charge in [-0.2, -0.15) is 10.5 Å². The predicted molar refractivity (Wildman–Crippen MR) is 167 cm³/mol. The first kappa shape index (κ1) is 33.3. The van der Waals surface area contributed by atoms with Crippen molar-refractivity contribution in [2.24, 2.45) is 35.0 Å². The van der Waals surface area contributed by atoms with Crippen LogP contribution in [0.25, 0.3) is 0 Å². The smallest absolute Gasteiger partial charge is 0.338 e. The molecule has 0 spiro atoms. The van der Waals surface area contributed by atoms with Crippen LogP contribution in [0.5, 0.6) is 0 Å². The molecular formula is C35H50N2O6. The Kier molecular flexibility index (Phi) is 10.9. The number of carbonyl (C=O) groups is 1. The Hall–Kier alpha value is -2.59. The van der Waals surface area contributed by atoms with Crippen molar-refractivity contribution in [1.29, 1.82) is 0 Å². The topological polar surface area (TPSA) is 122 Å². The van der Waals surface area contributed by atoms with E-state index in [9.17, 15) is 25.6 Å². The second-order valence-electron chi connectivity index (χ2n) is 13.8. The lowest BCUT2D eigenvalue weighted by Gasteiger charge is -2.38. The summed E-state index contributed by atoms with van der Waals surface area (Å²) in [6.07, 6.45) is 16.9. The van der Waals surface area contributed by atoms with Gasteiger partial charge in [0, 0.05) is 18.6 Å². The summed E-state index contributed by atoms with van der Waals surface area (Å²) in [7, 11) is 0. The molecule has 0 saturated heterocycles. The number of esters is 1. The van der Waals surface area contributed by atoms with Gasteiger partial charge in [0.05, 0.1) is 11.6 Å². The van der Waals surface area contributed by atoms with Crippen LogP contribution < -0.4 is 10.5 Å². The van der Waals surface area contributed by atoms with Crippen LogP contribution in [0.1, 0.15) is 96.3 Å². The first-order chi connectivity index (χ1) is 20.3. The number of ether oxygens (including phenoxy) is 1. The van der Waals surface area contributed by atoms with Crippen molar-refractivity contribution < 1.29 is 30.4 Å². The van der Waals surface area contributed by atoms with Gasteiger partial charge in [-0.05, 0) is 85.5 Å². The minimum Gasteiger partial charge on any atom is -0.595 e. The van der Waals surface area contributed by atoms with E-state index in [4.69, 9.17) is 4.74 Å². The van der Waals surface area contributed by atoms with Gasteiger partial charge in [0.2, 0.25) is 0 Å². The van der Waals surface area contributed by atoms with E-state index >= 15 is 0 Å². The maximum Gasteiger partial charge on any atom is 0.338 e. The third-order valence-electron chi connectivity index (χ3n) is 10.4. The zero-order valence-electron chi connectivity index (χ0n) is 26.4. The summed E-state index contributed by atoms with van der Waals surface area (Å²) in [5, 5.41) is 39.0. The molecule has 0 bridgehead atoms. The number of benzene rings is 1. The number of rotatable bonds is 9. The average molecular weight is 595 g/mol. The quantitative estimate of drug-likeness (QED) is 0.151. The molecular weight excluding hydrogens is 544 g/mol. The Bertz CT molecular complexity index is 1240. The molecule has 3 aliphatic carbocycles. The van der Waals surface area contributed by atoms with Crippen LogP contribution in [0.4, 0.5) is 11.4 Å². The summed E-state index contributed by atoms with van der Waals surface area (Å²) in [5.74, 6) is 2.37. The van der Waals surface area contributed by atoms with Gasteiger partial charge in [-0.3, -0.25) is 0 Å². The Labute approximate surface area is 256 Å². The number of quaternary nitrogens is 2. The SMILES string of the molecule is C=C1CC[C@@H](OC(=O)c2cc([NH+]([O-])O)cc([NH+]([O-])O)c2)CC1=CC=C1CCC[C@]2(C)C[C@@H]([C@@H](C)C=C[C@H](C)C(C)C)C[C@@H]12. The Morgan fingerprint density at radius 1 is 1.07 bits per heavy atom. The molecule has 8 atom stereocenters. The molecule has 3 saturated carbocycles. The third kappa shape index (κ3) is 8.12. The highest BCUT2D eigenvalue weighted by atomic mass is 16.8. The summed E-state index contributed by atoms with van der Waals surface area (Å²) < 4.78 is 5.76. The Morgan fingerprint density at radius 2 is 1.74 bits per heavy atom. The van der Waals surface area contributed by atoms with E-state index < -0.39 is 22.5 Å². The second-order valence-corrected chi connectivity index (χ2v) is 13.8. The number of allylic oxidation sites excluding steroid dienone is 6. The van der Waals surface area contributed by atoms with Gasteiger partial charge in [0.25, 0.3) is 0 Å². The lowest BCUT2D eigenvalue weighted by atomic mass is 9.67. The third-order valence-corrected chi connectivity index (χ3v) is 10.4. The number of fused-ring (bicyclic) bond motifs is 1. The van der Waals surface area contributed by atoms with E-state index in [1.165, 1.54) is 31.3 Å². The standard InChI is InChI=1S/C35H50N2O6/c1-22(2)23(3)9-10-25(5)29-19-33-26(8-7-15-35(33,6)21-29)12-13-27-18-32(14-11-24(27)4)43-34(38)28-16-30(36(39)40)20-31(17-28)37(41)42/h9-10,12-13,16-17,20,22-23,25,29,32-33,36-37,39,41H,4,7-8,11,14-15,18-19,21H2,1-3,5-6H3/t23-,25-,29-,32+,33-,35+/m0/s1. The lowest BCUT2D eigenvalue weighted by Crippen LogP contribution is -3.00. The fraction of sp³-hybridized carbons (Fsp3) is 0.571.